The van der Waals surface area contributed by atoms with E-state index in [-0.39, 0.29) is 0 Å². The maximum absolute atomic E-state index is 5.34. The van der Waals surface area contributed by atoms with Crippen molar-refractivity contribution >= 4 is 24.0 Å². The molecule has 0 amide bonds. The Hall–Kier alpha value is -0.290. The molecule has 0 atom stereocenters. The second kappa shape index (κ2) is 3.94. The Morgan fingerprint density at radius 3 is 2.67 bits per heavy atom. The summed E-state index contributed by atoms with van der Waals surface area (Å²) in [4.78, 5) is 0. The van der Waals surface area contributed by atoms with Gasteiger partial charge in [0.05, 0.1) is 0 Å². The summed E-state index contributed by atoms with van der Waals surface area (Å²) in [6, 6.07) is 0.605. The Kier molecular flexibility index (Phi) is 2.60. The molecule has 0 unspecified atom stereocenters. The van der Waals surface area contributed by atoms with Crippen LogP contribution in [0, 0.1) is 4.77 Å². The Balaban J connectivity index is 1.93. The minimum Gasteiger partial charge on any atom is -0.301 e. The van der Waals surface area contributed by atoms with Gasteiger partial charge in [0.1, 0.15) is 5.82 Å². The average molecular weight is 241 g/mol. The van der Waals surface area contributed by atoms with Gasteiger partial charge in [0, 0.05) is 12.0 Å². The van der Waals surface area contributed by atoms with Gasteiger partial charge in [-0.1, -0.05) is 0 Å². The summed E-state index contributed by atoms with van der Waals surface area (Å²) in [6.07, 6.45) is 5.08. The van der Waals surface area contributed by atoms with E-state index in [1.165, 1.54) is 43.0 Å². The van der Waals surface area contributed by atoms with Crippen LogP contribution >= 0.6 is 24.0 Å². The first-order chi connectivity index (χ1) is 7.36. The lowest BCUT2D eigenvalue weighted by molar-refractivity contribution is 0.448. The third-order valence-corrected chi connectivity index (χ3v) is 4.57. The number of H-pyrrole nitrogens is 1. The molecule has 82 valence electrons. The zero-order valence-electron chi connectivity index (χ0n) is 8.61. The van der Waals surface area contributed by atoms with Crippen LogP contribution in [0.15, 0.2) is 0 Å². The first kappa shape index (κ1) is 9.90. The van der Waals surface area contributed by atoms with Crippen LogP contribution in [0.1, 0.15) is 43.5 Å². The van der Waals surface area contributed by atoms with Crippen molar-refractivity contribution in [1.82, 2.24) is 14.8 Å². The van der Waals surface area contributed by atoms with Gasteiger partial charge in [-0.2, -0.15) is 16.9 Å². The second-order valence-corrected chi connectivity index (χ2v) is 5.99. The summed E-state index contributed by atoms with van der Waals surface area (Å²) < 4.78 is 3.13. The zero-order valence-corrected chi connectivity index (χ0v) is 10.2. The predicted molar refractivity (Wildman–Crippen MR) is 65.0 cm³/mol. The molecule has 1 aromatic heterocycles. The van der Waals surface area contributed by atoms with Gasteiger partial charge in [-0.3, -0.25) is 5.10 Å². The van der Waals surface area contributed by atoms with Crippen molar-refractivity contribution in [2.24, 2.45) is 0 Å². The number of rotatable bonds is 2. The lowest BCUT2D eigenvalue weighted by Crippen LogP contribution is -2.17. The first-order valence-electron chi connectivity index (χ1n) is 5.61. The average Bonchev–Trinajstić information content (AvgIpc) is 3.04. The van der Waals surface area contributed by atoms with Gasteiger partial charge in [0.15, 0.2) is 4.77 Å². The molecule has 3 rings (SSSR count). The number of hydrogen-bond acceptors (Lipinski definition) is 3. The van der Waals surface area contributed by atoms with Crippen LogP contribution in [0.4, 0.5) is 0 Å². The third kappa shape index (κ3) is 1.87. The van der Waals surface area contributed by atoms with Crippen molar-refractivity contribution in [2.75, 3.05) is 11.5 Å². The standard InChI is InChI=1S/C10H15N3S2/c14-10-12-11-9(7-1-2-7)13(10)8-3-5-15-6-4-8/h7-8H,1-6H2,(H,12,14). The van der Waals surface area contributed by atoms with Crippen molar-refractivity contribution in [3.63, 3.8) is 0 Å². The molecule has 2 heterocycles. The smallest absolute Gasteiger partial charge is 0.195 e. The van der Waals surface area contributed by atoms with Crippen LogP contribution in [0.5, 0.6) is 0 Å². The summed E-state index contributed by atoms with van der Waals surface area (Å²) in [6.45, 7) is 0. The molecular weight excluding hydrogens is 226 g/mol. The number of hydrogen-bond donors (Lipinski definition) is 1. The molecule has 2 fully saturated rings. The van der Waals surface area contributed by atoms with E-state index in [1.807, 2.05) is 0 Å². The lowest BCUT2D eigenvalue weighted by Gasteiger charge is -2.23. The van der Waals surface area contributed by atoms with Crippen molar-refractivity contribution < 1.29 is 0 Å². The molecule has 2 aliphatic rings. The van der Waals surface area contributed by atoms with Crippen molar-refractivity contribution in [1.29, 1.82) is 0 Å². The summed E-state index contributed by atoms with van der Waals surface area (Å²) in [5, 5.41) is 7.36. The molecule has 1 saturated heterocycles. The summed E-state index contributed by atoms with van der Waals surface area (Å²) in [7, 11) is 0. The Bertz CT molecular complexity index is 399. The predicted octanol–water partition coefficient (Wildman–Crippen LogP) is 2.89. The highest BCUT2D eigenvalue weighted by molar-refractivity contribution is 7.99. The SMILES string of the molecule is S=c1[nH]nc(C2CC2)n1C1CCSCC1. The summed E-state index contributed by atoms with van der Waals surface area (Å²) >= 11 is 7.39. The van der Waals surface area contributed by atoms with Crippen LogP contribution in [0.3, 0.4) is 0 Å². The van der Waals surface area contributed by atoms with E-state index < -0.39 is 0 Å². The number of thioether (sulfide) groups is 1. The Labute approximate surface area is 98.6 Å². The van der Waals surface area contributed by atoms with Gasteiger partial charge in [-0.25, -0.2) is 0 Å². The van der Waals surface area contributed by atoms with Crippen LogP contribution in [0.25, 0.3) is 0 Å². The van der Waals surface area contributed by atoms with Crippen molar-refractivity contribution in [2.45, 2.75) is 37.6 Å². The molecule has 0 aromatic carbocycles. The molecule has 1 aromatic rings. The van der Waals surface area contributed by atoms with Gasteiger partial charge in [0.2, 0.25) is 0 Å². The molecule has 1 saturated carbocycles. The number of nitrogens with one attached hydrogen (secondary N) is 1. The Morgan fingerprint density at radius 2 is 2.00 bits per heavy atom. The number of nitrogens with zero attached hydrogens (tertiary/aromatic N) is 2. The van der Waals surface area contributed by atoms with Crippen LogP contribution < -0.4 is 0 Å². The fraction of sp³-hybridized carbons (Fsp3) is 0.800. The highest BCUT2D eigenvalue weighted by atomic mass is 32.2. The van der Waals surface area contributed by atoms with Crippen molar-refractivity contribution in [3.05, 3.63) is 10.6 Å². The van der Waals surface area contributed by atoms with Crippen LogP contribution in [-0.4, -0.2) is 26.3 Å². The molecule has 0 spiro atoms. The number of aromatic nitrogens is 3. The van der Waals surface area contributed by atoms with E-state index in [0.717, 1.165) is 4.77 Å². The molecule has 1 aliphatic heterocycles. The maximum atomic E-state index is 5.34. The van der Waals surface area contributed by atoms with Crippen LogP contribution in [0.2, 0.25) is 0 Å². The number of aromatic amines is 1. The summed E-state index contributed by atoms with van der Waals surface area (Å²) in [5.74, 6) is 4.44. The quantitative estimate of drug-likeness (QED) is 0.808. The normalized spacial score (nSPS) is 23.2. The highest BCUT2D eigenvalue weighted by Crippen LogP contribution is 2.41. The van der Waals surface area contributed by atoms with E-state index in [9.17, 15) is 0 Å². The fourth-order valence-electron chi connectivity index (χ4n) is 2.24. The van der Waals surface area contributed by atoms with E-state index >= 15 is 0 Å². The second-order valence-electron chi connectivity index (χ2n) is 4.37. The lowest BCUT2D eigenvalue weighted by atomic mass is 10.1. The maximum Gasteiger partial charge on any atom is 0.195 e. The third-order valence-electron chi connectivity index (χ3n) is 3.23. The Morgan fingerprint density at radius 1 is 1.27 bits per heavy atom. The minimum atomic E-state index is 0.605. The van der Waals surface area contributed by atoms with Gasteiger partial charge >= 0.3 is 0 Å². The van der Waals surface area contributed by atoms with Gasteiger partial charge in [-0.05, 0) is 49.4 Å². The van der Waals surface area contributed by atoms with E-state index in [1.54, 1.807) is 0 Å². The van der Waals surface area contributed by atoms with E-state index in [2.05, 4.69) is 26.5 Å². The van der Waals surface area contributed by atoms with Gasteiger partial charge in [-0.15, -0.1) is 0 Å². The zero-order chi connectivity index (χ0) is 10.3. The highest BCUT2D eigenvalue weighted by Gasteiger charge is 2.31. The molecule has 1 N–H and O–H groups in total. The molecule has 5 heteroatoms. The first-order valence-corrected chi connectivity index (χ1v) is 7.17. The van der Waals surface area contributed by atoms with Crippen molar-refractivity contribution in [3.8, 4) is 0 Å². The largest absolute Gasteiger partial charge is 0.301 e. The topological polar surface area (TPSA) is 33.6 Å². The molecule has 3 nitrogen and oxygen atoms in total. The van der Waals surface area contributed by atoms with E-state index in [0.29, 0.717) is 12.0 Å². The molecule has 0 radical (unpaired) electrons. The minimum absolute atomic E-state index is 0.605. The molecule has 1 aliphatic carbocycles. The van der Waals surface area contributed by atoms with Gasteiger partial charge < -0.3 is 4.57 Å². The molecule has 0 bridgehead atoms. The van der Waals surface area contributed by atoms with E-state index in [4.69, 9.17) is 12.2 Å². The summed E-state index contributed by atoms with van der Waals surface area (Å²) in [5.41, 5.74) is 0. The van der Waals surface area contributed by atoms with Crippen LogP contribution in [-0.2, 0) is 0 Å². The fourth-order valence-corrected chi connectivity index (χ4v) is 3.61. The molecule has 15 heavy (non-hydrogen) atoms. The van der Waals surface area contributed by atoms with Gasteiger partial charge in [0.25, 0.3) is 0 Å². The monoisotopic (exact) mass is 241 g/mol. The molecular formula is C10H15N3S2.